The fourth-order valence-electron chi connectivity index (χ4n) is 4.37. The van der Waals surface area contributed by atoms with Crippen molar-refractivity contribution < 1.29 is 13.2 Å². The third-order valence-corrected chi connectivity index (χ3v) is 7.86. The highest BCUT2D eigenvalue weighted by Gasteiger charge is 2.26. The summed E-state index contributed by atoms with van der Waals surface area (Å²) in [7, 11) is -3.43. The van der Waals surface area contributed by atoms with Gasteiger partial charge in [-0.15, -0.1) is 0 Å². The zero-order valence-corrected chi connectivity index (χ0v) is 17.5. The molecule has 1 amide bonds. The summed E-state index contributed by atoms with van der Waals surface area (Å²) in [5.74, 6) is -0.0293. The number of benzene rings is 2. The number of carbonyl (C=O) groups excluding carboxylic acids is 1. The number of aryl methyl sites for hydroxylation is 1. The van der Waals surface area contributed by atoms with Crippen molar-refractivity contribution in [3.8, 4) is 0 Å². The van der Waals surface area contributed by atoms with Crippen LogP contribution in [0.4, 0.5) is 0 Å². The molecule has 4 rings (SSSR count). The molecule has 0 bridgehead atoms. The van der Waals surface area contributed by atoms with Crippen LogP contribution < -0.4 is 5.32 Å². The molecule has 1 heterocycles. The van der Waals surface area contributed by atoms with Crippen LogP contribution in [0.3, 0.4) is 0 Å². The molecule has 1 fully saturated rings. The van der Waals surface area contributed by atoms with E-state index in [2.05, 4.69) is 17.4 Å². The number of rotatable bonds is 5. The van der Waals surface area contributed by atoms with E-state index in [-0.39, 0.29) is 18.4 Å². The molecule has 2 aromatic rings. The van der Waals surface area contributed by atoms with Crippen molar-refractivity contribution in [2.45, 2.75) is 55.9 Å². The van der Waals surface area contributed by atoms with Gasteiger partial charge in [-0.05, 0) is 60.9 Å². The number of amides is 1. The molecule has 0 spiro atoms. The van der Waals surface area contributed by atoms with E-state index in [0.717, 1.165) is 44.1 Å². The summed E-state index contributed by atoms with van der Waals surface area (Å²) in [4.78, 5) is 12.9. The van der Waals surface area contributed by atoms with E-state index in [4.69, 9.17) is 0 Å². The van der Waals surface area contributed by atoms with E-state index < -0.39 is 10.0 Å². The SMILES string of the molecule is O=C(Cc1ccc(S(=O)(=O)N2CCCCC2)cc1)NC1CCCc2ccccc21. The van der Waals surface area contributed by atoms with Crippen LogP contribution in [0.1, 0.15) is 54.8 Å². The fraction of sp³-hybridized carbons (Fsp3) is 0.435. The van der Waals surface area contributed by atoms with Gasteiger partial charge >= 0.3 is 0 Å². The summed E-state index contributed by atoms with van der Waals surface area (Å²) in [5.41, 5.74) is 3.36. The van der Waals surface area contributed by atoms with Crippen LogP contribution in [0, 0.1) is 0 Å². The Morgan fingerprint density at radius 3 is 2.45 bits per heavy atom. The zero-order valence-electron chi connectivity index (χ0n) is 16.6. The van der Waals surface area contributed by atoms with Crippen LogP contribution in [0.15, 0.2) is 53.4 Å². The highest BCUT2D eigenvalue weighted by molar-refractivity contribution is 7.89. The monoisotopic (exact) mass is 412 g/mol. The summed E-state index contributed by atoms with van der Waals surface area (Å²) in [6.07, 6.45) is 6.27. The van der Waals surface area contributed by atoms with E-state index >= 15 is 0 Å². The maximum absolute atomic E-state index is 12.7. The van der Waals surface area contributed by atoms with Crippen LogP contribution in [0.2, 0.25) is 0 Å². The molecule has 29 heavy (non-hydrogen) atoms. The standard InChI is InChI=1S/C23H28N2O3S/c26-23(24-22-10-6-8-19-7-2-3-9-21(19)22)17-18-11-13-20(14-12-18)29(27,28)25-15-4-1-5-16-25/h2-3,7,9,11-14,22H,1,4-6,8,10,15-17H2,(H,24,26). The molecule has 0 radical (unpaired) electrons. The summed E-state index contributed by atoms with van der Waals surface area (Å²) >= 11 is 0. The maximum Gasteiger partial charge on any atom is 0.243 e. The van der Waals surface area contributed by atoms with E-state index in [1.54, 1.807) is 28.6 Å². The van der Waals surface area contributed by atoms with Gasteiger partial charge in [-0.2, -0.15) is 4.31 Å². The van der Waals surface area contributed by atoms with Crippen LogP contribution in [-0.2, 0) is 27.7 Å². The predicted molar refractivity (Wildman–Crippen MR) is 113 cm³/mol. The van der Waals surface area contributed by atoms with Crippen molar-refractivity contribution in [2.24, 2.45) is 0 Å². The van der Waals surface area contributed by atoms with E-state index in [0.29, 0.717) is 18.0 Å². The number of carbonyl (C=O) groups is 1. The van der Waals surface area contributed by atoms with Crippen LogP contribution in [0.25, 0.3) is 0 Å². The van der Waals surface area contributed by atoms with Crippen molar-refractivity contribution in [1.29, 1.82) is 0 Å². The van der Waals surface area contributed by atoms with E-state index in [9.17, 15) is 13.2 Å². The first-order valence-electron chi connectivity index (χ1n) is 10.5. The van der Waals surface area contributed by atoms with Gasteiger partial charge in [-0.25, -0.2) is 8.42 Å². The zero-order chi connectivity index (χ0) is 20.3. The molecule has 0 saturated carbocycles. The van der Waals surface area contributed by atoms with Crippen LogP contribution >= 0.6 is 0 Å². The van der Waals surface area contributed by atoms with E-state index in [1.807, 2.05) is 12.1 Å². The first-order chi connectivity index (χ1) is 14.0. The van der Waals surface area contributed by atoms with Gasteiger partial charge in [0.1, 0.15) is 0 Å². The second-order valence-electron chi connectivity index (χ2n) is 8.00. The van der Waals surface area contributed by atoms with E-state index in [1.165, 1.54) is 11.1 Å². The number of piperidine rings is 1. The minimum absolute atomic E-state index is 0.0293. The van der Waals surface area contributed by atoms with Gasteiger partial charge in [0.15, 0.2) is 0 Å². The molecule has 1 N–H and O–H groups in total. The van der Waals surface area contributed by atoms with Gasteiger partial charge in [0.25, 0.3) is 0 Å². The Labute approximate surface area is 173 Å². The molecule has 1 atom stereocenters. The van der Waals surface area contributed by atoms with Gasteiger partial charge in [0.05, 0.1) is 17.4 Å². The third kappa shape index (κ3) is 4.54. The van der Waals surface area contributed by atoms with Crippen molar-refractivity contribution in [2.75, 3.05) is 13.1 Å². The first-order valence-corrected chi connectivity index (χ1v) is 11.9. The minimum Gasteiger partial charge on any atom is -0.349 e. The molecule has 1 aliphatic carbocycles. The molecule has 2 aliphatic rings. The molecule has 1 aliphatic heterocycles. The molecule has 6 heteroatoms. The predicted octanol–water partition coefficient (Wildman–Crippen LogP) is 3.60. The molecule has 0 aromatic heterocycles. The average Bonchev–Trinajstić information content (AvgIpc) is 2.75. The number of sulfonamides is 1. The number of hydrogen-bond donors (Lipinski definition) is 1. The molecule has 1 saturated heterocycles. The Hall–Kier alpha value is -2.18. The quantitative estimate of drug-likeness (QED) is 0.816. The van der Waals surface area contributed by atoms with Crippen LogP contribution in [-0.4, -0.2) is 31.7 Å². The number of fused-ring (bicyclic) bond motifs is 1. The smallest absolute Gasteiger partial charge is 0.243 e. The second-order valence-corrected chi connectivity index (χ2v) is 9.93. The molecule has 5 nitrogen and oxygen atoms in total. The second kappa shape index (κ2) is 8.67. The van der Waals surface area contributed by atoms with Crippen molar-refractivity contribution in [3.63, 3.8) is 0 Å². The van der Waals surface area contributed by atoms with Gasteiger partial charge < -0.3 is 5.32 Å². The van der Waals surface area contributed by atoms with Crippen molar-refractivity contribution in [3.05, 3.63) is 65.2 Å². The maximum atomic E-state index is 12.7. The lowest BCUT2D eigenvalue weighted by Gasteiger charge is -2.26. The van der Waals surface area contributed by atoms with Crippen LogP contribution in [0.5, 0.6) is 0 Å². The average molecular weight is 413 g/mol. The number of nitrogens with one attached hydrogen (secondary N) is 1. The largest absolute Gasteiger partial charge is 0.349 e. The Morgan fingerprint density at radius 1 is 0.966 bits per heavy atom. The Morgan fingerprint density at radius 2 is 1.69 bits per heavy atom. The Balaban J connectivity index is 1.40. The number of nitrogens with zero attached hydrogens (tertiary/aromatic N) is 1. The first kappa shape index (κ1) is 20.1. The van der Waals surface area contributed by atoms with Gasteiger partial charge in [0, 0.05) is 13.1 Å². The van der Waals surface area contributed by atoms with Gasteiger partial charge in [0.2, 0.25) is 15.9 Å². The number of hydrogen-bond acceptors (Lipinski definition) is 3. The van der Waals surface area contributed by atoms with Gasteiger partial charge in [-0.3, -0.25) is 4.79 Å². The minimum atomic E-state index is -3.43. The molecular formula is C23H28N2O3S. The molecule has 154 valence electrons. The Kier molecular flexibility index (Phi) is 6.01. The highest BCUT2D eigenvalue weighted by atomic mass is 32.2. The molecule has 1 unspecified atom stereocenters. The normalized spacial score (nSPS) is 20.1. The molecule has 2 aromatic carbocycles. The highest BCUT2D eigenvalue weighted by Crippen LogP contribution is 2.29. The molecular weight excluding hydrogens is 384 g/mol. The summed E-state index contributed by atoms with van der Waals surface area (Å²) < 4.78 is 27.1. The lowest BCUT2D eigenvalue weighted by molar-refractivity contribution is -0.121. The summed E-state index contributed by atoms with van der Waals surface area (Å²) in [6.45, 7) is 1.19. The lowest BCUT2D eigenvalue weighted by Crippen LogP contribution is -2.35. The van der Waals surface area contributed by atoms with Gasteiger partial charge in [-0.1, -0.05) is 42.8 Å². The van der Waals surface area contributed by atoms with Crippen molar-refractivity contribution >= 4 is 15.9 Å². The van der Waals surface area contributed by atoms with Crippen molar-refractivity contribution in [1.82, 2.24) is 9.62 Å². The Bertz CT molecular complexity index is 964. The third-order valence-electron chi connectivity index (χ3n) is 5.95. The topological polar surface area (TPSA) is 66.5 Å². The summed E-state index contributed by atoms with van der Waals surface area (Å²) in [5, 5.41) is 3.15. The lowest BCUT2D eigenvalue weighted by atomic mass is 9.87. The summed E-state index contributed by atoms with van der Waals surface area (Å²) in [6, 6.07) is 15.1. The fourth-order valence-corrected chi connectivity index (χ4v) is 5.89.